The number of nitriles is 1. The van der Waals surface area contributed by atoms with Crippen LogP contribution in [0.4, 0.5) is 10.1 Å². The van der Waals surface area contributed by atoms with Gasteiger partial charge in [0.25, 0.3) is 0 Å². The molecule has 0 radical (unpaired) electrons. The second kappa shape index (κ2) is 5.32. The summed E-state index contributed by atoms with van der Waals surface area (Å²) in [4.78, 5) is 0. The molecule has 4 nitrogen and oxygen atoms in total. The summed E-state index contributed by atoms with van der Waals surface area (Å²) in [5.74, 6) is -0.420. The van der Waals surface area contributed by atoms with Crippen LogP contribution in [0.15, 0.2) is 30.6 Å². The Morgan fingerprint density at radius 2 is 2.33 bits per heavy atom. The van der Waals surface area contributed by atoms with Crippen molar-refractivity contribution in [2.75, 3.05) is 5.32 Å². The summed E-state index contributed by atoms with van der Waals surface area (Å²) < 4.78 is 15.4. The molecule has 1 heterocycles. The third kappa shape index (κ3) is 2.66. The minimum absolute atomic E-state index is 0.317. The van der Waals surface area contributed by atoms with E-state index >= 15 is 0 Å². The first-order valence-electron chi connectivity index (χ1n) is 5.67. The number of hydrogen-bond acceptors (Lipinski definition) is 3. The van der Waals surface area contributed by atoms with E-state index in [9.17, 15) is 4.39 Å². The lowest BCUT2D eigenvalue weighted by Crippen LogP contribution is -2.01. The molecule has 0 aliphatic heterocycles. The van der Waals surface area contributed by atoms with Crippen LogP contribution in [0.1, 0.15) is 18.1 Å². The van der Waals surface area contributed by atoms with Crippen molar-refractivity contribution >= 4 is 5.69 Å². The average molecular weight is 244 g/mol. The summed E-state index contributed by atoms with van der Waals surface area (Å²) in [6.07, 6.45) is 3.66. The fourth-order valence-corrected chi connectivity index (χ4v) is 1.60. The number of hydrogen-bond donors (Lipinski definition) is 1. The van der Waals surface area contributed by atoms with Crippen molar-refractivity contribution in [3.63, 3.8) is 0 Å². The van der Waals surface area contributed by atoms with Crippen LogP contribution in [0.3, 0.4) is 0 Å². The molecule has 0 spiro atoms. The predicted octanol–water partition coefficient (Wildman–Crippen LogP) is 2.53. The molecular weight excluding hydrogens is 231 g/mol. The number of nitrogens with zero attached hydrogens (tertiary/aromatic N) is 3. The summed E-state index contributed by atoms with van der Waals surface area (Å²) >= 11 is 0. The second-order valence-electron chi connectivity index (χ2n) is 3.86. The highest BCUT2D eigenvalue weighted by Crippen LogP contribution is 2.16. The van der Waals surface area contributed by atoms with Crippen LogP contribution in [-0.2, 0) is 13.1 Å². The van der Waals surface area contributed by atoms with Gasteiger partial charge in [0.1, 0.15) is 5.82 Å². The topological polar surface area (TPSA) is 53.6 Å². The third-order valence-electron chi connectivity index (χ3n) is 2.59. The van der Waals surface area contributed by atoms with E-state index in [0.717, 1.165) is 12.1 Å². The van der Waals surface area contributed by atoms with Crippen LogP contribution in [0.2, 0.25) is 0 Å². The van der Waals surface area contributed by atoms with Gasteiger partial charge in [-0.15, -0.1) is 0 Å². The van der Waals surface area contributed by atoms with Crippen molar-refractivity contribution in [1.29, 1.82) is 5.26 Å². The Hall–Kier alpha value is -2.35. The molecule has 92 valence electrons. The van der Waals surface area contributed by atoms with Crippen LogP contribution < -0.4 is 5.32 Å². The lowest BCUT2D eigenvalue weighted by molar-refractivity contribution is 0.629. The number of aryl methyl sites for hydroxylation is 1. The largest absolute Gasteiger partial charge is 0.378 e. The monoisotopic (exact) mass is 244 g/mol. The van der Waals surface area contributed by atoms with E-state index in [1.165, 1.54) is 6.07 Å². The van der Waals surface area contributed by atoms with Crippen molar-refractivity contribution in [3.05, 3.63) is 47.5 Å². The van der Waals surface area contributed by atoms with Gasteiger partial charge >= 0.3 is 0 Å². The summed E-state index contributed by atoms with van der Waals surface area (Å²) in [5.41, 5.74) is 1.69. The zero-order chi connectivity index (χ0) is 13.0. The lowest BCUT2D eigenvalue weighted by Gasteiger charge is -2.06. The number of benzene rings is 1. The van der Waals surface area contributed by atoms with Gasteiger partial charge in [-0.05, 0) is 25.1 Å². The molecule has 0 amide bonds. The van der Waals surface area contributed by atoms with E-state index in [-0.39, 0.29) is 0 Å². The third-order valence-corrected chi connectivity index (χ3v) is 2.59. The van der Waals surface area contributed by atoms with Crippen molar-refractivity contribution in [3.8, 4) is 6.07 Å². The first-order chi connectivity index (χ1) is 8.72. The molecule has 0 fully saturated rings. The van der Waals surface area contributed by atoms with E-state index in [1.807, 2.05) is 23.9 Å². The zero-order valence-electron chi connectivity index (χ0n) is 10.0. The Morgan fingerprint density at radius 3 is 2.94 bits per heavy atom. The fraction of sp³-hybridized carbons (Fsp3) is 0.231. The second-order valence-corrected chi connectivity index (χ2v) is 3.86. The van der Waals surface area contributed by atoms with E-state index in [1.54, 1.807) is 18.3 Å². The summed E-state index contributed by atoms with van der Waals surface area (Å²) in [6.45, 7) is 3.32. The highest BCUT2D eigenvalue weighted by atomic mass is 19.1. The summed E-state index contributed by atoms with van der Waals surface area (Å²) in [7, 11) is 0. The highest BCUT2D eigenvalue weighted by Gasteiger charge is 2.04. The van der Waals surface area contributed by atoms with E-state index in [2.05, 4.69) is 10.4 Å². The first kappa shape index (κ1) is 12.1. The van der Waals surface area contributed by atoms with E-state index in [0.29, 0.717) is 17.8 Å². The van der Waals surface area contributed by atoms with Gasteiger partial charge in [0.2, 0.25) is 0 Å². The van der Waals surface area contributed by atoms with Crippen molar-refractivity contribution in [1.82, 2.24) is 9.78 Å². The molecule has 2 aromatic rings. The van der Waals surface area contributed by atoms with Gasteiger partial charge in [-0.1, -0.05) is 0 Å². The van der Waals surface area contributed by atoms with Crippen molar-refractivity contribution in [2.45, 2.75) is 20.0 Å². The normalized spacial score (nSPS) is 10.1. The number of anilines is 1. The molecule has 1 aromatic heterocycles. The predicted molar refractivity (Wildman–Crippen MR) is 66.3 cm³/mol. The van der Waals surface area contributed by atoms with Crippen LogP contribution in [0.25, 0.3) is 0 Å². The van der Waals surface area contributed by atoms with Gasteiger partial charge in [-0.25, -0.2) is 4.39 Å². The van der Waals surface area contributed by atoms with E-state index in [4.69, 9.17) is 5.26 Å². The molecule has 18 heavy (non-hydrogen) atoms. The Labute approximate surface area is 105 Å². The van der Waals surface area contributed by atoms with Crippen molar-refractivity contribution < 1.29 is 4.39 Å². The standard InChI is InChI=1S/C13H13FN4/c1-2-18-9-11(8-17-18)7-16-13-4-3-10(6-15)5-12(13)14/h3-5,8-9,16H,2,7H2,1H3. The number of rotatable bonds is 4. The smallest absolute Gasteiger partial charge is 0.147 e. The molecule has 0 aliphatic carbocycles. The van der Waals surface area contributed by atoms with Gasteiger partial charge < -0.3 is 5.32 Å². The SMILES string of the molecule is CCn1cc(CNc2ccc(C#N)cc2F)cn1. The number of nitrogens with one attached hydrogen (secondary N) is 1. The molecule has 0 aliphatic rings. The van der Waals surface area contributed by atoms with E-state index < -0.39 is 5.82 Å². The Balaban J connectivity index is 2.04. The van der Waals surface area contributed by atoms with Crippen LogP contribution in [0, 0.1) is 17.1 Å². The highest BCUT2D eigenvalue weighted by molar-refractivity contribution is 5.48. The molecule has 5 heteroatoms. The molecule has 0 bridgehead atoms. The van der Waals surface area contributed by atoms with Gasteiger partial charge in [0.05, 0.1) is 23.5 Å². The van der Waals surface area contributed by atoms with Crippen LogP contribution >= 0.6 is 0 Å². The van der Waals surface area contributed by atoms with Gasteiger partial charge in [-0.2, -0.15) is 10.4 Å². The Bertz CT molecular complexity index is 583. The Morgan fingerprint density at radius 1 is 1.50 bits per heavy atom. The fourth-order valence-electron chi connectivity index (χ4n) is 1.60. The molecular formula is C13H13FN4. The molecule has 1 aromatic carbocycles. The van der Waals surface area contributed by atoms with Crippen LogP contribution in [0.5, 0.6) is 0 Å². The number of halogens is 1. The summed E-state index contributed by atoms with van der Waals surface area (Å²) in [6, 6.07) is 6.27. The molecule has 0 saturated heterocycles. The quantitative estimate of drug-likeness (QED) is 0.899. The van der Waals surface area contributed by atoms with Crippen LogP contribution in [-0.4, -0.2) is 9.78 Å². The molecule has 0 unspecified atom stereocenters. The molecule has 0 saturated carbocycles. The molecule has 0 atom stereocenters. The lowest BCUT2D eigenvalue weighted by atomic mass is 10.2. The maximum Gasteiger partial charge on any atom is 0.147 e. The number of aromatic nitrogens is 2. The minimum atomic E-state index is -0.420. The van der Waals surface area contributed by atoms with Crippen molar-refractivity contribution in [2.24, 2.45) is 0 Å². The average Bonchev–Trinajstić information content (AvgIpc) is 2.85. The van der Waals surface area contributed by atoms with Gasteiger partial charge in [0.15, 0.2) is 0 Å². The van der Waals surface area contributed by atoms with Gasteiger partial charge in [0, 0.05) is 24.8 Å². The Kier molecular flexibility index (Phi) is 3.58. The first-order valence-corrected chi connectivity index (χ1v) is 5.67. The maximum atomic E-state index is 13.6. The molecule has 2 rings (SSSR count). The molecule has 1 N–H and O–H groups in total. The summed E-state index contributed by atoms with van der Waals surface area (Å²) in [5, 5.41) is 15.8. The zero-order valence-corrected chi connectivity index (χ0v) is 10.0. The van der Waals surface area contributed by atoms with Gasteiger partial charge in [-0.3, -0.25) is 4.68 Å². The maximum absolute atomic E-state index is 13.6. The minimum Gasteiger partial charge on any atom is -0.378 e.